The number of carbonyl (C=O) groups is 3. The number of halogens is 2. The highest BCUT2D eigenvalue weighted by Gasteiger charge is 2.59. The average Bonchev–Trinajstić information content (AvgIpc) is 3.52. The largest absolute Gasteiger partial charge is 0.493 e. The molecule has 0 radical (unpaired) electrons. The molecule has 1 N–H and O–H groups in total. The number of nitrogens with one attached hydrogen (secondary N) is 1. The van der Waals surface area contributed by atoms with Gasteiger partial charge in [0.2, 0.25) is 0 Å². The molecule has 4 atom stereocenters. The molecule has 1 saturated carbocycles. The molecule has 35 heavy (non-hydrogen) atoms. The fraction of sp³-hybridized carbons (Fsp3) is 0.280. The number of carbonyl (C=O) groups excluding carboxylic acids is 3. The van der Waals surface area contributed by atoms with Crippen LogP contribution in [0.5, 0.6) is 11.5 Å². The van der Waals surface area contributed by atoms with Gasteiger partial charge in [0, 0.05) is 0 Å². The number of para-hydroxylation sites is 1. The zero-order chi connectivity index (χ0) is 24.7. The Morgan fingerprint density at radius 2 is 1.89 bits per heavy atom. The van der Waals surface area contributed by atoms with E-state index in [9.17, 15) is 18.8 Å². The molecule has 2 bridgehead atoms. The summed E-state index contributed by atoms with van der Waals surface area (Å²) in [6.07, 6.45) is 6.24. The Kier molecular flexibility index (Phi) is 6.02. The van der Waals surface area contributed by atoms with Crippen molar-refractivity contribution in [1.29, 1.82) is 0 Å². The Balaban J connectivity index is 1.27. The normalized spacial score (nSPS) is 24.4. The van der Waals surface area contributed by atoms with Gasteiger partial charge in [-0.1, -0.05) is 35.9 Å². The van der Waals surface area contributed by atoms with Gasteiger partial charge in [0.05, 0.1) is 35.9 Å². The highest BCUT2D eigenvalue weighted by atomic mass is 35.5. The van der Waals surface area contributed by atoms with Gasteiger partial charge >= 0.3 is 0 Å². The number of anilines is 1. The van der Waals surface area contributed by atoms with Gasteiger partial charge in [-0.2, -0.15) is 10.1 Å². The summed E-state index contributed by atoms with van der Waals surface area (Å²) in [4.78, 5) is 37.7. The van der Waals surface area contributed by atoms with Gasteiger partial charge in [0.1, 0.15) is 5.82 Å². The molecule has 8 nitrogen and oxygen atoms in total. The number of ether oxygens (including phenoxy) is 2. The first-order valence-corrected chi connectivity index (χ1v) is 11.4. The molecule has 3 aliphatic rings. The van der Waals surface area contributed by atoms with Crippen LogP contribution in [0.15, 0.2) is 53.7 Å². The molecule has 2 aromatic rings. The maximum absolute atomic E-state index is 13.7. The van der Waals surface area contributed by atoms with E-state index in [0.29, 0.717) is 5.56 Å². The first kappa shape index (κ1) is 23.0. The molecule has 0 unspecified atom stereocenters. The average molecular weight is 498 g/mol. The van der Waals surface area contributed by atoms with E-state index in [0.717, 1.165) is 11.4 Å². The van der Waals surface area contributed by atoms with E-state index in [1.807, 2.05) is 12.2 Å². The Labute approximate surface area is 205 Å². The molecule has 10 heteroatoms. The molecule has 1 heterocycles. The van der Waals surface area contributed by atoms with Crippen LogP contribution >= 0.6 is 11.6 Å². The molecule has 1 aliphatic heterocycles. The van der Waals surface area contributed by atoms with Crippen molar-refractivity contribution in [3.63, 3.8) is 0 Å². The fourth-order valence-corrected chi connectivity index (χ4v) is 5.24. The van der Waals surface area contributed by atoms with Crippen LogP contribution in [0.3, 0.4) is 0 Å². The van der Waals surface area contributed by atoms with Crippen molar-refractivity contribution in [3.8, 4) is 11.5 Å². The Hall–Kier alpha value is -3.72. The second-order valence-electron chi connectivity index (χ2n) is 8.58. The molecule has 2 aliphatic carbocycles. The highest BCUT2D eigenvalue weighted by molar-refractivity contribution is 6.32. The summed E-state index contributed by atoms with van der Waals surface area (Å²) < 4.78 is 24.6. The summed E-state index contributed by atoms with van der Waals surface area (Å²) in [5.74, 6) is -1.86. The predicted octanol–water partition coefficient (Wildman–Crippen LogP) is 3.65. The van der Waals surface area contributed by atoms with Crippen molar-refractivity contribution in [3.05, 3.63) is 65.0 Å². The first-order valence-electron chi connectivity index (χ1n) is 11.0. The molecule has 5 rings (SSSR count). The summed E-state index contributed by atoms with van der Waals surface area (Å²) in [7, 11) is 1.40. The third-order valence-electron chi connectivity index (χ3n) is 6.52. The molecule has 1 saturated heterocycles. The molecule has 0 spiro atoms. The van der Waals surface area contributed by atoms with Crippen molar-refractivity contribution >= 4 is 41.2 Å². The summed E-state index contributed by atoms with van der Waals surface area (Å²) in [6.45, 7) is -0.437. The van der Waals surface area contributed by atoms with Crippen molar-refractivity contribution in [1.82, 2.24) is 5.01 Å². The van der Waals surface area contributed by atoms with Crippen LogP contribution in [-0.4, -0.2) is 42.7 Å². The van der Waals surface area contributed by atoms with Crippen LogP contribution in [0.2, 0.25) is 5.02 Å². The molecule has 2 aromatic carbocycles. The number of hydrogen-bond acceptors (Lipinski definition) is 6. The summed E-state index contributed by atoms with van der Waals surface area (Å²) >= 11 is 6.35. The first-order chi connectivity index (χ1) is 16.9. The standard InChI is InChI=1S/C25H21ClFN3O5/c1-34-19-9-13(11-28-30-24(32)21-14-6-7-15(10-14)22(21)25(30)33)8-16(26)23(19)35-12-20(31)29-18-5-3-2-4-17(18)27/h2-9,11,14-15,21-22H,10,12H2,1H3,(H,29,31)/t14-,15-,21-,22+/m0/s1. The minimum Gasteiger partial charge on any atom is -0.493 e. The van der Waals surface area contributed by atoms with Crippen LogP contribution in [0.1, 0.15) is 12.0 Å². The van der Waals surface area contributed by atoms with Crippen LogP contribution < -0.4 is 14.8 Å². The van der Waals surface area contributed by atoms with Gasteiger partial charge in [-0.3, -0.25) is 14.4 Å². The van der Waals surface area contributed by atoms with Crippen LogP contribution in [-0.2, 0) is 14.4 Å². The number of hydrazone groups is 1. The Morgan fingerprint density at radius 3 is 2.54 bits per heavy atom. The van der Waals surface area contributed by atoms with Gasteiger partial charge in [0.15, 0.2) is 18.1 Å². The topological polar surface area (TPSA) is 97.3 Å². The zero-order valence-electron chi connectivity index (χ0n) is 18.6. The van der Waals surface area contributed by atoms with E-state index < -0.39 is 18.3 Å². The maximum Gasteiger partial charge on any atom is 0.262 e. The zero-order valence-corrected chi connectivity index (χ0v) is 19.4. The maximum atomic E-state index is 13.7. The summed E-state index contributed by atoms with van der Waals surface area (Å²) in [6, 6.07) is 8.83. The fourth-order valence-electron chi connectivity index (χ4n) is 4.97. The number of allylic oxidation sites excluding steroid dienone is 2. The van der Waals surface area contributed by atoms with Gasteiger partial charge in [-0.05, 0) is 48.1 Å². The lowest BCUT2D eigenvalue weighted by Crippen LogP contribution is -2.28. The van der Waals surface area contributed by atoms with Crippen LogP contribution in [0.25, 0.3) is 0 Å². The summed E-state index contributed by atoms with van der Waals surface area (Å²) in [5.41, 5.74) is 0.499. The lowest BCUT2D eigenvalue weighted by molar-refractivity contribution is -0.140. The lowest BCUT2D eigenvalue weighted by atomic mass is 9.85. The molecule has 0 aromatic heterocycles. The number of rotatable bonds is 7. The number of amides is 3. The number of fused-ring (bicyclic) bond motifs is 5. The van der Waals surface area contributed by atoms with E-state index in [4.69, 9.17) is 21.1 Å². The van der Waals surface area contributed by atoms with Crippen LogP contribution in [0.4, 0.5) is 10.1 Å². The van der Waals surface area contributed by atoms with E-state index >= 15 is 0 Å². The van der Waals surface area contributed by atoms with Gasteiger partial charge < -0.3 is 14.8 Å². The van der Waals surface area contributed by atoms with E-state index in [2.05, 4.69) is 10.4 Å². The summed E-state index contributed by atoms with van der Waals surface area (Å²) in [5, 5.41) is 7.63. The number of methoxy groups -OCH3 is 1. The molecule has 2 fully saturated rings. The van der Waals surface area contributed by atoms with Crippen molar-refractivity contribution < 1.29 is 28.2 Å². The number of nitrogens with zero attached hydrogens (tertiary/aromatic N) is 2. The quantitative estimate of drug-likeness (QED) is 0.358. The highest BCUT2D eigenvalue weighted by Crippen LogP contribution is 2.52. The minimum atomic E-state index is -0.584. The minimum absolute atomic E-state index is 0.0321. The van der Waals surface area contributed by atoms with Crippen molar-refractivity contribution in [2.24, 2.45) is 28.8 Å². The third kappa shape index (κ3) is 4.16. The lowest BCUT2D eigenvalue weighted by Gasteiger charge is -2.14. The van der Waals surface area contributed by atoms with Gasteiger partial charge in [0.25, 0.3) is 17.7 Å². The third-order valence-corrected chi connectivity index (χ3v) is 6.80. The number of benzene rings is 2. The van der Waals surface area contributed by atoms with E-state index in [1.54, 1.807) is 12.1 Å². The molecular weight excluding hydrogens is 477 g/mol. The smallest absolute Gasteiger partial charge is 0.262 e. The van der Waals surface area contributed by atoms with Crippen molar-refractivity contribution in [2.75, 3.05) is 19.0 Å². The molecular formula is C25H21ClFN3O5. The Bertz CT molecular complexity index is 1250. The second-order valence-corrected chi connectivity index (χ2v) is 8.99. The van der Waals surface area contributed by atoms with Gasteiger partial charge in [-0.25, -0.2) is 4.39 Å². The SMILES string of the molecule is COc1cc(C=NN2C(=O)[C@@H]3[C@H](C2=O)[C@H]2C=C[C@H]3C2)cc(Cl)c1OCC(=O)Nc1ccccc1F. The Morgan fingerprint density at radius 1 is 1.20 bits per heavy atom. The van der Waals surface area contributed by atoms with E-state index in [-0.39, 0.29) is 57.7 Å². The predicted molar refractivity (Wildman–Crippen MR) is 126 cm³/mol. The van der Waals surface area contributed by atoms with Crippen molar-refractivity contribution in [2.45, 2.75) is 6.42 Å². The molecule has 3 amide bonds. The molecule has 180 valence electrons. The van der Waals surface area contributed by atoms with E-state index in [1.165, 1.54) is 37.6 Å². The second kappa shape index (κ2) is 9.14. The number of imide groups is 1. The van der Waals surface area contributed by atoms with Gasteiger partial charge in [-0.15, -0.1) is 0 Å². The number of hydrogen-bond donors (Lipinski definition) is 1. The monoisotopic (exact) mass is 497 g/mol. The van der Waals surface area contributed by atoms with Crippen LogP contribution in [0, 0.1) is 29.5 Å².